The number of rotatable bonds is 11. The molecule has 0 bridgehead atoms. The number of amides is 3. The van der Waals surface area contributed by atoms with Crippen LogP contribution in [0.2, 0.25) is 0 Å². The van der Waals surface area contributed by atoms with Gasteiger partial charge in [0.15, 0.2) is 0 Å². The molecule has 0 radical (unpaired) electrons. The number of carbonyl (C=O) groups excluding carboxylic acids is 3. The molecule has 0 aliphatic carbocycles. The number of nitrogens with zero attached hydrogens (tertiary/aromatic N) is 5. The van der Waals surface area contributed by atoms with E-state index < -0.39 is 12.2 Å². The number of hydrogen-bond donors (Lipinski definition) is 3. The Morgan fingerprint density at radius 3 is 1.73 bits per heavy atom. The van der Waals surface area contributed by atoms with Crippen LogP contribution in [0.1, 0.15) is 72.0 Å². The van der Waals surface area contributed by atoms with Gasteiger partial charge in [0.25, 0.3) is 5.91 Å². The predicted octanol–water partition coefficient (Wildman–Crippen LogP) is 7.66. The average Bonchev–Trinajstić information content (AvgIpc) is 4.07. The molecule has 2 aliphatic rings. The molecular formula is C43H44N8O4S. The van der Waals surface area contributed by atoms with Gasteiger partial charge in [-0.15, -0.1) is 11.3 Å². The van der Waals surface area contributed by atoms with E-state index >= 15 is 0 Å². The lowest BCUT2D eigenvalue weighted by Gasteiger charge is -2.30. The summed E-state index contributed by atoms with van der Waals surface area (Å²) in [5.41, 5.74) is 11.8. The fourth-order valence-electron chi connectivity index (χ4n) is 7.98. The lowest BCUT2D eigenvalue weighted by atomic mass is 10.0. The van der Waals surface area contributed by atoms with E-state index in [9.17, 15) is 14.4 Å². The predicted molar refractivity (Wildman–Crippen MR) is 215 cm³/mol. The lowest BCUT2D eigenvalue weighted by Crippen LogP contribution is -2.40. The molecule has 286 valence electrons. The number of imidazole rings is 2. The van der Waals surface area contributed by atoms with Crippen LogP contribution < -0.4 is 5.73 Å². The number of nitrogens with one attached hydrogen (secondary N) is 2. The molecule has 6 aromatic rings. The molecule has 3 aromatic carbocycles. The number of likely N-dealkylation sites (tertiary alicyclic amines) is 2. The quantitative estimate of drug-likeness (QED) is 0.122. The number of thiophene rings is 1. The number of primary amides is 1. The summed E-state index contributed by atoms with van der Waals surface area (Å²) >= 11 is 1.61. The maximum absolute atomic E-state index is 13.8. The topological polar surface area (TPSA) is 154 Å². The first-order chi connectivity index (χ1) is 27.2. The van der Waals surface area contributed by atoms with Gasteiger partial charge in [0.05, 0.1) is 35.9 Å². The van der Waals surface area contributed by atoms with Crippen molar-refractivity contribution in [2.45, 2.75) is 49.9 Å². The van der Waals surface area contributed by atoms with Crippen molar-refractivity contribution >= 4 is 29.2 Å². The van der Waals surface area contributed by atoms with E-state index in [0.29, 0.717) is 17.9 Å². The first kappa shape index (κ1) is 36.9. The summed E-state index contributed by atoms with van der Waals surface area (Å²) < 4.78 is 5.30. The Morgan fingerprint density at radius 2 is 1.25 bits per heavy atom. The van der Waals surface area contributed by atoms with Crippen LogP contribution in [0.15, 0.2) is 109 Å². The van der Waals surface area contributed by atoms with Crippen molar-refractivity contribution in [3.05, 3.63) is 131 Å². The molecule has 2 fully saturated rings. The van der Waals surface area contributed by atoms with Crippen LogP contribution in [-0.4, -0.2) is 79.7 Å². The normalized spacial score (nSPS) is 18.0. The Balaban J connectivity index is 0.930. The molecule has 0 saturated carbocycles. The molecule has 4 atom stereocenters. The average molecular weight is 769 g/mol. The minimum atomic E-state index is -1.12. The van der Waals surface area contributed by atoms with Gasteiger partial charge in [0.2, 0.25) is 12.0 Å². The van der Waals surface area contributed by atoms with Crippen LogP contribution >= 0.6 is 11.3 Å². The van der Waals surface area contributed by atoms with Gasteiger partial charge in [-0.2, -0.15) is 0 Å². The zero-order valence-corrected chi connectivity index (χ0v) is 32.1. The van der Waals surface area contributed by atoms with E-state index in [1.165, 1.54) is 0 Å². The standard InChI is InChI=1S/C43H44N8O4S/c1-49(2)37(36-13-8-24-56-36)41(52)50-22-6-11-34(50)39-45-25-32(47-39)29-18-14-27(15-19-29)28-16-20-30(21-17-28)33-26-46-40(48-33)35-12-7-23-51(35)42(53)38(55-43(44)54)31-9-4-3-5-10-31/h3-5,8-10,13-21,24-26,34-35,37-38H,6-7,11-12,22-23H2,1-2H3,(H2,44,54)(H,45,47)(H,46,48)/t34-,35-,37?,38+/m0/s1. The highest BCUT2D eigenvalue weighted by atomic mass is 32.1. The molecule has 56 heavy (non-hydrogen) atoms. The van der Waals surface area contributed by atoms with Crippen molar-refractivity contribution in [1.29, 1.82) is 0 Å². The zero-order chi connectivity index (χ0) is 38.8. The second kappa shape index (κ2) is 16.0. The SMILES string of the molecule is CN(C)C(C(=O)N1CCC[C@H]1c1ncc(-c2ccc(-c3ccc(-c4cnc([C@@H]5CCCN5C(=O)[C@H](OC(N)=O)c5ccccc5)[nH]4)cc3)cc2)[nH]1)c1cccs1. The number of carbonyl (C=O) groups is 3. The summed E-state index contributed by atoms with van der Waals surface area (Å²) in [6.07, 6.45) is 4.87. The van der Waals surface area contributed by atoms with E-state index in [-0.39, 0.29) is 29.9 Å². The number of benzene rings is 3. The van der Waals surface area contributed by atoms with Crippen LogP contribution in [-0.2, 0) is 14.3 Å². The van der Waals surface area contributed by atoms with Gasteiger partial charge in [-0.1, -0.05) is 84.9 Å². The minimum Gasteiger partial charge on any atom is -0.431 e. The lowest BCUT2D eigenvalue weighted by molar-refractivity contribution is -0.141. The van der Waals surface area contributed by atoms with Gasteiger partial charge in [0.1, 0.15) is 17.7 Å². The molecule has 13 heteroatoms. The van der Waals surface area contributed by atoms with Crippen molar-refractivity contribution in [2.24, 2.45) is 5.73 Å². The second-order valence-electron chi connectivity index (χ2n) is 14.5. The summed E-state index contributed by atoms with van der Waals surface area (Å²) in [7, 11) is 3.91. The minimum absolute atomic E-state index is 0.0862. The van der Waals surface area contributed by atoms with E-state index in [1.54, 1.807) is 46.7 Å². The number of aromatic amines is 2. The van der Waals surface area contributed by atoms with Crippen LogP contribution in [0.4, 0.5) is 4.79 Å². The molecule has 4 N–H and O–H groups in total. The Hall–Kier alpha value is -6.05. The number of likely N-dealkylation sites (N-methyl/N-ethyl adjacent to an activating group) is 1. The maximum atomic E-state index is 13.8. The molecule has 2 saturated heterocycles. The molecule has 0 spiro atoms. The Bertz CT molecular complexity index is 2290. The highest BCUT2D eigenvalue weighted by Crippen LogP contribution is 2.37. The van der Waals surface area contributed by atoms with Gasteiger partial charge < -0.3 is 30.2 Å². The third-order valence-corrected chi connectivity index (χ3v) is 11.7. The van der Waals surface area contributed by atoms with Gasteiger partial charge >= 0.3 is 6.09 Å². The molecule has 2 aliphatic heterocycles. The summed E-state index contributed by atoms with van der Waals surface area (Å²) in [6.45, 7) is 1.24. The smallest absolute Gasteiger partial charge is 0.405 e. The number of nitrogens with two attached hydrogens (primary N) is 1. The highest BCUT2D eigenvalue weighted by molar-refractivity contribution is 7.10. The number of hydrogen-bond acceptors (Lipinski definition) is 8. The zero-order valence-electron chi connectivity index (χ0n) is 31.3. The van der Waals surface area contributed by atoms with E-state index in [4.69, 9.17) is 15.5 Å². The van der Waals surface area contributed by atoms with Crippen molar-refractivity contribution in [3.63, 3.8) is 0 Å². The van der Waals surface area contributed by atoms with E-state index in [0.717, 1.165) is 76.6 Å². The number of ether oxygens (including phenoxy) is 1. The Labute approximate surface area is 329 Å². The largest absolute Gasteiger partial charge is 0.431 e. The van der Waals surface area contributed by atoms with Gasteiger partial charge in [-0.05, 0) is 73.5 Å². The van der Waals surface area contributed by atoms with Crippen molar-refractivity contribution in [3.8, 4) is 33.6 Å². The summed E-state index contributed by atoms with van der Waals surface area (Å²) in [6, 6.07) is 28.9. The fraction of sp³-hybridized carbons (Fsp3) is 0.279. The van der Waals surface area contributed by atoms with E-state index in [2.05, 4.69) is 63.5 Å². The van der Waals surface area contributed by atoms with Crippen LogP contribution in [0.25, 0.3) is 33.6 Å². The second-order valence-corrected chi connectivity index (χ2v) is 15.5. The van der Waals surface area contributed by atoms with E-state index in [1.807, 2.05) is 53.7 Å². The van der Waals surface area contributed by atoms with Crippen LogP contribution in [0.3, 0.4) is 0 Å². The first-order valence-corrected chi connectivity index (χ1v) is 19.8. The molecular weight excluding hydrogens is 725 g/mol. The van der Waals surface area contributed by atoms with Crippen molar-refractivity contribution < 1.29 is 19.1 Å². The van der Waals surface area contributed by atoms with Crippen molar-refractivity contribution in [2.75, 3.05) is 27.2 Å². The summed E-state index contributed by atoms with van der Waals surface area (Å²) in [5, 5.41) is 2.02. The molecule has 12 nitrogen and oxygen atoms in total. The molecule has 5 heterocycles. The monoisotopic (exact) mass is 768 g/mol. The third kappa shape index (κ3) is 7.47. The van der Waals surface area contributed by atoms with Crippen LogP contribution in [0, 0.1) is 0 Å². The fourth-order valence-corrected chi connectivity index (χ4v) is 8.89. The Morgan fingerprint density at radius 1 is 0.732 bits per heavy atom. The summed E-state index contributed by atoms with van der Waals surface area (Å²) in [4.78, 5) is 62.4. The van der Waals surface area contributed by atoms with Gasteiger partial charge in [0, 0.05) is 23.5 Å². The van der Waals surface area contributed by atoms with Gasteiger partial charge in [-0.25, -0.2) is 14.8 Å². The highest BCUT2D eigenvalue weighted by Gasteiger charge is 2.39. The first-order valence-electron chi connectivity index (χ1n) is 18.9. The maximum Gasteiger partial charge on any atom is 0.405 e. The van der Waals surface area contributed by atoms with Crippen molar-refractivity contribution in [1.82, 2.24) is 34.6 Å². The third-order valence-electron chi connectivity index (χ3n) is 10.7. The summed E-state index contributed by atoms with van der Waals surface area (Å²) in [5.74, 6) is 1.28. The molecule has 3 aromatic heterocycles. The van der Waals surface area contributed by atoms with Crippen LogP contribution in [0.5, 0.6) is 0 Å². The molecule has 8 rings (SSSR count). The van der Waals surface area contributed by atoms with Gasteiger partial charge in [-0.3, -0.25) is 14.5 Å². The Kier molecular flexibility index (Phi) is 10.5. The number of aromatic nitrogens is 4. The molecule has 3 amide bonds. The number of H-pyrrole nitrogens is 2. The molecule has 1 unspecified atom stereocenters.